The molecule has 2 aromatic rings. The van der Waals surface area contributed by atoms with Crippen molar-refractivity contribution in [2.24, 2.45) is 5.92 Å². The molecule has 170 valence electrons. The van der Waals surface area contributed by atoms with E-state index in [-0.39, 0.29) is 53.1 Å². The van der Waals surface area contributed by atoms with Gasteiger partial charge >= 0.3 is 5.97 Å². The summed E-state index contributed by atoms with van der Waals surface area (Å²) in [6.07, 6.45) is 5.21. The Kier molecular flexibility index (Phi) is 6.74. The summed E-state index contributed by atoms with van der Waals surface area (Å²) < 4.78 is 23.1. The second kappa shape index (κ2) is 8.84. The molecule has 3 heterocycles. The van der Waals surface area contributed by atoms with Gasteiger partial charge in [0.05, 0.1) is 18.0 Å². The molecule has 1 aliphatic carbocycles. The van der Waals surface area contributed by atoms with Gasteiger partial charge in [0.2, 0.25) is 5.43 Å². The number of aromatic nitrogens is 1. The van der Waals surface area contributed by atoms with E-state index >= 15 is 4.39 Å². The van der Waals surface area contributed by atoms with E-state index in [0.717, 1.165) is 38.8 Å². The lowest BCUT2D eigenvalue weighted by atomic mass is 9.94. The summed E-state index contributed by atoms with van der Waals surface area (Å²) in [4.78, 5) is 26.4. The van der Waals surface area contributed by atoms with E-state index in [1.807, 2.05) is 4.90 Å². The number of ether oxygens (including phenoxy) is 1. The highest BCUT2D eigenvalue weighted by Crippen LogP contribution is 2.43. The number of nitrogens with one attached hydrogen (secondary N) is 1. The minimum absolute atomic E-state index is 0. The van der Waals surface area contributed by atoms with Crippen LogP contribution in [-0.4, -0.2) is 48.4 Å². The van der Waals surface area contributed by atoms with E-state index in [9.17, 15) is 14.7 Å². The molecule has 2 atom stereocenters. The number of nitrogens with zero attached hydrogens (tertiary/aromatic N) is 2. The molecular weight excluding hydrogens is 448 g/mol. The van der Waals surface area contributed by atoms with Gasteiger partial charge in [0.1, 0.15) is 17.0 Å². The molecule has 0 amide bonds. The van der Waals surface area contributed by atoms with Crippen molar-refractivity contribution in [2.45, 2.75) is 37.8 Å². The number of rotatable bonds is 4. The van der Waals surface area contributed by atoms with E-state index in [1.54, 1.807) is 4.57 Å². The van der Waals surface area contributed by atoms with Crippen molar-refractivity contribution in [3.05, 3.63) is 33.9 Å². The monoisotopic (exact) mass is 473 g/mol. The number of aromatic carboxylic acids is 1. The van der Waals surface area contributed by atoms with Crippen molar-refractivity contribution in [1.29, 1.82) is 0 Å². The number of hydrogen-bond acceptors (Lipinski definition) is 5. The number of anilines is 1. The van der Waals surface area contributed by atoms with E-state index in [2.05, 4.69) is 5.32 Å². The maximum atomic E-state index is 16.0. The molecule has 0 unspecified atom stereocenters. The van der Waals surface area contributed by atoms with Gasteiger partial charge in [0, 0.05) is 31.4 Å². The molecule has 1 aromatic heterocycles. The molecule has 2 aliphatic heterocycles. The Morgan fingerprint density at radius 1 is 1.26 bits per heavy atom. The van der Waals surface area contributed by atoms with Gasteiger partial charge in [-0.1, -0.05) is 0 Å². The maximum absolute atomic E-state index is 16.0. The molecule has 2 saturated heterocycles. The SMILES string of the molecule is COc1cc2c(=O)c(C(=O)O)cn(C3CC3)c2c(F)c1N1C[C@@H]2CCCN[C@@H]2C1.Cl.Cl. The van der Waals surface area contributed by atoms with Crippen LogP contribution >= 0.6 is 24.8 Å². The molecule has 7 nitrogen and oxygen atoms in total. The zero-order valence-electron chi connectivity index (χ0n) is 17.1. The molecule has 5 rings (SSSR count). The molecule has 10 heteroatoms. The number of halogens is 3. The summed E-state index contributed by atoms with van der Waals surface area (Å²) in [7, 11) is 1.45. The van der Waals surface area contributed by atoms with Gasteiger partial charge in [-0.2, -0.15) is 0 Å². The number of pyridine rings is 1. The summed E-state index contributed by atoms with van der Waals surface area (Å²) >= 11 is 0. The lowest BCUT2D eigenvalue weighted by Crippen LogP contribution is -2.40. The van der Waals surface area contributed by atoms with Crippen LogP contribution in [0.5, 0.6) is 5.75 Å². The highest BCUT2D eigenvalue weighted by Gasteiger charge is 2.38. The van der Waals surface area contributed by atoms with Gasteiger partial charge in [-0.25, -0.2) is 9.18 Å². The Morgan fingerprint density at radius 2 is 2.00 bits per heavy atom. The molecule has 0 bridgehead atoms. The van der Waals surface area contributed by atoms with Gasteiger partial charge in [0.15, 0.2) is 5.82 Å². The lowest BCUT2D eigenvalue weighted by molar-refractivity contribution is 0.0695. The number of methoxy groups -OCH3 is 1. The van der Waals surface area contributed by atoms with Crippen LogP contribution in [0.3, 0.4) is 0 Å². The fourth-order valence-corrected chi connectivity index (χ4v) is 4.91. The molecule has 0 spiro atoms. The summed E-state index contributed by atoms with van der Waals surface area (Å²) in [5.74, 6) is -1.07. The van der Waals surface area contributed by atoms with Crippen molar-refractivity contribution in [2.75, 3.05) is 31.6 Å². The normalized spacial score (nSPS) is 22.5. The Bertz CT molecular complexity index is 1060. The number of benzene rings is 1. The minimum atomic E-state index is -1.30. The third kappa shape index (κ3) is 3.85. The molecule has 3 aliphatic rings. The zero-order chi connectivity index (χ0) is 20.3. The Labute approximate surface area is 191 Å². The van der Waals surface area contributed by atoms with E-state index in [4.69, 9.17) is 4.74 Å². The fourth-order valence-electron chi connectivity index (χ4n) is 4.91. The first-order valence-electron chi connectivity index (χ1n) is 10.2. The quantitative estimate of drug-likeness (QED) is 0.708. The maximum Gasteiger partial charge on any atom is 0.341 e. The number of fused-ring (bicyclic) bond motifs is 2. The first-order chi connectivity index (χ1) is 14.0. The first kappa shape index (κ1) is 23.6. The van der Waals surface area contributed by atoms with Crippen molar-refractivity contribution < 1.29 is 19.0 Å². The zero-order valence-corrected chi connectivity index (χ0v) is 18.7. The average Bonchev–Trinajstić information content (AvgIpc) is 3.46. The van der Waals surface area contributed by atoms with Crippen LogP contribution in [-0.2, 0) is 0 Å². The highest BCUT2D eigenvalue weighted by molar-refractivity contribution is 5.95. The van der Waals surface area contributed by atoms with Crippen LogP contribution in [0.2, 0.25) is 0 Å². The Morgan fingerprint density at radius 3 is 2.61 bits per heavy atom. The molecule has 3 fully saturated rings. The van der Waals surface area contributed by atoms with Crippen LogP contribution in [0.1, 0.15) is 42.1 Å². The number of piperidine rings is 1. The van der Waals surface area contributed by atoms with Crippen LogP contribution < -0.4 is 20.4 Å². The van der Waals surface area contributed by atoms with E-state index in [1.165, 1.54) is 19.4 Å². The molecule has 1 aromatic carbocycles. The minimum Gasteiger partial charge on any atom is -0.494 e. The summed E-state index contributed by atoms with van der Waals surface area (Å²) in [6, 6.07) is 1.86. The van der Waals surface area contributed by atoms with Gasteiger partial charge in [-0.15, -0.1) is 24.8 Å². The summed E-state index contributed by atoms with van der Waals surface area (Å²) in [6.45, 7) is 2.40. The van der Waals surface area contributed by atoms with Gasteiger partial charge in [0.25, 0.3) is 0 Å². The van der Waals surface area contributed by atoms with Gasteiger partial charge < -0.3 is 24.6 Å². The highest BCUT2D eigenvalue weighted by atomic mass is 35.5. The van der Waals surface area contributed by atoms with Crippen LogP contribution in [0.15, 0.2) is 17.1 Å². The fraction of sp³-hybridized carbons (Fsp3) is 0.524. The number of carboxylic acid groups (broad SMARTS) is 1. The summed E-state index contributed by atoms with van der Waals surface area (Å²) in [5.41, 5.74) is -0.464. The van der Waals surface area contributed by atoms with Crippen molar-refractivity contribution in [3.63, 3.8) is 0 Å². The van der Waals surface area contributed by atoms with E-state index < -0.39 is 17.2 Å². The second-order valence-corrected chi connectivity index (χ2v) is 8.32. The third-order valence-corrected chi connectivity index (χ3v) is 6.50. The van der Waals surface area contributed by atoms with Gasteiger partial charge in [-0.05, 0) is 44.2 Å². The first-order valence-corrected chi connectivity index (χ1v) is 10.2. The second-order valence-electron chi connectivity index (χ2n) is 8.32. The smallest absolute Gasteiger partial charge is 0.341 e. The molecule has 0 radical (unpaired) electrons. The van der Waals surface area contributed by atoms with Crippen molar-refractivity contribution >= 4 is 47.4 Å². The van der Waals surface area contributed by atoms with Crippen molar-refractivity contribution in [1.82, 2.24) is 9.88 Å². The molecular formula is C21H26Cl2FN3O4. The van der Waals surface area contributed by atoms with Crippen molar-refractivity contribution in [3.8, 4) is 5.75 Å². The Balaban J connectivity index is 0.00000136. The standard InChI is InChI=1S/C21H24FN3O4.2ClH/c1-29-16-7-13-18(25(12-4-5-12)9-14(20(13)26)21(27)28)17(22)19(16)24-8-11-3-2-6-23-15(11)10-24;;/h7,9,11-12,15,23H,2-6,8,10H2,1H3,(H,27,28);2*1H/t11-,15+;;/m0../s1. The van der Waals surface area contributed by atoms with Crippen LogP contribution in [0, 0.1) is 11.7 Å². The summed E-state index contributed by atoms with van der Waals surface area (Å²) in [5, 5.41) is 13.0. The molecule has 1 saturated carbocycles. The van der Waals surface area contributed by atoms with E-state index in [0.29, 0.717) is 24.2 Å². The largest absolute Gasteiger partial charge is 0.494 e. The number of carbonyl (C=O) groups is 1. The molecule has 31 heavy (non-hydrogen) atoms. The van der Waals surface area contributed by atoms with Crippen LogP contribution in [0.4, 0.5) is 10.1 Å². The number of hydrogen-bond donors (Lipinski definition) is 2. The Hall–Kier alpha value is -2.03. The lowest BCUT2D eigenvalue weighted by Gasteiger charge is -2.24. The third-order valence-electron chi connectivity index (χ3n) is 6.50. The topological polar surface area (TPSA) is 83.8 Å². The van der Waals surface area contributed by atoms with Crippen LogP contribution in [0.25, 0.3) is 10.9 Å². The van der Waals surface area contributed by atoms with Gasteiger partial charge in [-0.3, -0.25) is 4.79 Å². The number of carboxylic acids is 1. The molecule has 2 N–H and O–H groups in total. The predicted octanol–water partition coefficient (Wildman–Crippen LogP) is 3.21. The average molecular weight is 474 g/mol. The predicted molar refractivity (Wildman–Crippen MR) is 121 cm³/mol.